The highest BCUT2D eigenvalue weighted by molar-refractivity contribution is 7.92. The molecule has 1 aliphatic rings. The molecular weight excluding hydrogens is 262 g/mol. The summed E-state index contributed by atoms with van der Waals surface area (Å²) in [6, 6.07) is 7.79. The number of aliphatic hydroxyl groups excluding tert-OH is 1. The molecule has 4 nitrogen and oxygen atoms in total. The first-order valence-electron chi connectivity index (χ1n) is 6.52. The van der Waals surface area contributed by atoms with Gasteiger partial charge in [-0.3, -0.25) is 0 Å². The predicted molar refractivity (Wildman–Crippen MR) is 75.7 cm³/mol. The lowest BCUT2D eigenvalue weighted by Crippen LogP contribution is -2.28. The summed E-state index contributed by atoms with van der Waals surface area (Å²) in [4.78, 5) is 0. The number of sulfone groups is 1. The van der Waals surface area contributed by atoms with Crippen molar-refractivity contribution in [1.29, 1.82) is 0 Å². The first-order chi connectivity index (χ1) is 8.93. The summed E-state index contributed by atoms with van der Waals surface area (Å²) in [5.74, 6) is -0.102. The van der Waals surface area contributed by atoms with Gasteiger partial charge < -0.3 is 10.8 Å². The molecular formula is C14H21NO3S. The first kappa shape index (κ1) is 14.5. The topological polar surface area (TPSA) is 80.4 Å². The van der Waals surface area contributed by atoms with E-state index in [1.807, 2.05) is 31.2 Å². The van der Waals surface area contributed by atoms with Crippen LogP contribution in [0.2, 0.25) is 0 Å². The van der Waals surface area contributed by atoms with Gasteiger partial charge in [-0.1, -0.05) is 36.8 Å². The zero-order valence-corrected chi connectivity index (χ0v) is 12.2. The lowest BCUT2D eigenvalue weighted by Gasteiger charge is -2.11. The Morgan fingerprint density at radius 1 is 1.32 bits per heavy atom. The maximum Gasteiger partial charge on any atom is 0.154 e. The Labute approximate surface area is 114 Å². The second kappa shape index (κ2) is 4.89. The Morgan fingerprint density at radius 3 is 2.32 bits per heavy atom. The number of aliphatic hydroxyl groups is 1. The molecule has 2 rings (SSSR count). The van der Waals surface area contributed by atoms with Gasteiger partial charge in [-0.05, 0) is 12.5 Å². The zero-order chi connectivity index (χ0) is 14.3. The molecule has 5 heteroatoms. The van der Waals surface area contributed by atoms with Gasteiger partial charge in [-0.2, -0.15) is 0 Å². The molecule has 106 valence electrons. The molecule has 1 saturated carbocycles. The second-order valence-corrected chi connectivity index (χ2v) is 7.77. The fourth-order valence-corrected chi connectivity index (χ4v) is 5.13. The third kappa shape index (κ3) is 2.20. The first-order valence-corrected chi connectivity index (χ1v) is 8.23. The molecule has 0 aromatic heterocycles. The Morgan fingerprint density at radius 2 is 1.89 bits per heavy atom. The van der Waals surface area contributed by atoms with Crippen LogP contribution in [-0.2, 0) is 9.84 Å². The molecule has 0 bridgehead atoms. The Hall–Kier alpha value is -0.910. The van der Waals surface area contributed by atoms with E-state index in [2.05, 4.69) is 0 Å². The van der Waals surface area contributed by atoms with Gasteiger partial charge in [0.05, 0.1) is 11.9 Å². The van der Waals surface area contributed by atoms with Crippen molar-refractivity contribution in [3.05, 3.63) is 35.4 Å². The summed E-state index contributed by atoms with van der Waals surface area (Å²) < 4.78 is 24.4. The van der Waals surface area contributed by atoms with E-state index in [-0.39, 0.29) is 24.8 Å². The third-order valence-electron chi connectivity index (χ3n) is 4.28. The maximum absolute atomic E-state index is 12.2. The van der Waals surface area contributed by atoms with Crippen molar-refractivity contribution in [2.75, 3.05) is 18.9 Å². The highest BCUT2D eigenvalue weighted by Gasteiger charge is 2.69. The summed E-state index contributed by atoms with van der Waals surface area (Å²) in [7, 11) is -3.20. The average molecular weight is 283 g/mol. The number of nitrogens with two attached hydrogens (primary N) is 1. The van der Waals surface area contributed by atoms with Crippen molar-refractivity contribution < 1.29 is 13.5 Å². The molecule has 3 atom stereocenters. The fraction of sp³-hybridized carbons (Fsp3) is 0.571. The highest BCUT2D eigenvalue weighted by Crippen LogP contribution is 2.62. The van der Waals surface area contributed by atoms with Gasteiger partial charge in [0.1, 0.15) is 0 Å². The van der Waals surface area contributed by atoms with Gasteiger partial charge >= 0.3 is 0 Å². The van der Waals surface area contributed by atoms with Gasteiger partial charge in [-0.15, -0.1) is 0 Å². The molecule has 0 spiro atoms. The van der Waals surface area contributed by atoms with Crippen LogP contribution in [0.3, 0.4) is 0 Å². The van der Waals surface area contributed by atoms with E-state index in [1.54, 1.807) is 6.92 Å². The molecule has 0 unspecified atom stereocenters. The van der Waals surface area contributed by atoms with Crippen molar-refractivity contribution in [3.8, 4) is 0 Å². The van der Waals surface area contributed by atoms with Crippen molar-refractivity contribution in [2.24, 2.45) is 11.1 Å². The molecule has 1 fully saturated rings. The SMILES string of the molecule is CCS(=O)(=O)[C@@H]1[C@H](c2ccc(C)cc2)[C@]1(CN)CO. The second-order valence-electron chi connectivity index (χ2n) is 5.36. The van der Waals surface area contributed by atoms with Crippen LogP contribution in [0.15, 0.2) is 24.3 Å². The van der Waals surface area contributed by atoms with Crippen LogP contribution in [0.25, 0.3) is 0 Å². The number of hydrogen-bond acceptors (Lipinski definition) is 4. The predicted octanol–water partition coefficient (Wildman–Crippen LogP) is 0.833. The van der Waals surface area contributed by atoms with Crippen LogP contribution in [-0.4, -0.2) is 37.7 Å². The monoisotopic (exact) mass is 283 g/mol. The van der Waals surface area contributed by atoms with Gasteiger partial charge in [0, 0.05) is 23.6 Å². The molecule has 19 heavy (non-hydrogen) atoms. The molecule has 1 aliphatic carbocycles. The normalized spacial score (nSPS) is 30.3. The van der Waals surface area contributed by atoms with E-state index in [9.17, 15) is 13.5 Å². The smallest absolute Gasteiger partial charge is 0.154 e. The van der Waals surface area contributed by atoms with Crippen molar-refractivity contribution in [1.82, 2.24) is 0 Å². The average Bonchev–Trinajstić information content (AvgIpc) is 3.10. The summed E-state index contributed by atoms with van der Waals surface area (Å²) in [5, 5.41) is 9.07. The van der Waals surface area contributed by atoms with Gasteiger partial charge in [0.15, 0.2) is 9.84 Å². The van der Waals surface area contributed by atoms with E-state index < -0.39 is 20.5 Å². The van der Waals surface area contributed by atoms with Crippen LogP contribution in [0.1, 0.15) is 24.0 Å². The standard InChI is InChI=1S/C14H21NO3S/c1-3-19(17,18)13-12(14(13,8-15)9-16)11-6-4-10(2)5-7-11/h4-7,12-13,16H,3,8-9,15H2,1-2H3/t12-,13+,14-/m0/s1. The van der Waals surface area contributed by atoms with Gasteiger partial charge in [0.25, 0.3) is 0 Å². The maximum atomic E-state index is 12.2. The molecule has 0 saturated heterocycles. The minimum atomic E-state index is -3.20. The number of rotatable bonds is 5. The highest BCUT2D eigenvalue weighted by atomic mass is 32.2. The van der Waals surface area contributed by atoms with Crippen molar-refractivity contribution in [3.63, 3.8) is 0 Å². The minimum absolute atomic E-state index is 0.0851. The van der Waals surface area contributed by atoms with E-state index >= 15 is 0 Å². The summed E-state index contributed by atoms with van der Waals surface area (Å²) >= 11 is 0. The van der Waals surface area contributed by atoms with E-state index in [1.165, 1.54) is 0 Å². The molecule has 1 aromatic rings. The van der Waals surface area contributed by atoms with E-state index in [4.69, 9.17) is 5.73 Å². The van der Waals surface area contributed by atoms with Gasteiger partial charge in [0.2, 0.25) is 0 Å². The molecule has 3 N–H and O–H groups in total. The molecule has 0 heterocycles. The Bertz CT molecular complexity index is 547. The molecule has 0 amide bonds. The van der Waals surface area contributed by atoms with Crippen molar-refractivity contribution in [2.45, 2.75) is 25.0 Å². The van der Waals surface area contributed by atoms with Crippen LogP contribution >= 0.6 is 0 Å². The zero-order valence-electron chi connectivity index (χ0n) is 11.3. The van der Waals surface area contributed by atoms with Gasteiger partial charge in [-0.25, -0.2) is 8.42 Å². The minimum Gasteiger partial charge on any atom is -0.396 e. The molecule has 0 radical (unpaired) electrons. The van der Waals surface area contributed by atoms with Crippen molar-refractivity contribution >= 4 is 9.84 Å². The molecule has 1 aromatic carbocycles. The Kier molecular flexibility index (Phi) is 3.73. The fourth-order valence-electron chi connectivity index (χ4n) is 2.97. The summed E-state index contributed by atoms with van der Waals surface area (Å²) in [5.41, 5.74) is 7.13. The number of hydrogen-bond donors (Lipinski definition) is 2. The quantitative estimate of drug-likeness (QED) is 0.839. The Balaban J connectivity index is 2.42. The number of benzene rings is 1. The largest absolute Gasteiger partial charge is 0.396 e. The van der Waals surface area contributed by atoms with E-state index in [0.29, 0.717) is 0 Å². The lowest BCUT2D eigenvalue weighted by molar-refractivity contribution is 0.212. The van der Waals surface area contributed by atoms with Crippen LogP contribution < -0.4 is 5.73 Å². The van der Waals surface area contributed by atoms with E-state index in [0.717, 1.165) is 11.1 Å². The molecule has 0 aliphatic heterocycles. The van der Waals surface area contributed by atoms with Crippen LogP contribution in [0.4, 0.5) is 0 Å². The number of aryl methyl sites for hydroxylation is 1. The lowest BCUT2D eigenvalue weighted by atomic mass is 9.99. The van der Waals surface area contributed by atoms with Crippen LogP contribution in [0, 0.1) is 12.3 Å². The third-order valence-corrected chi connectivity index (χ3v) is 6.60. The van der Waals surface area contributed by atoms with Crippen LogP contribution in [0.5, 0.6) is 0 Å². The summed E-state index contributed by atoms with van der Waals surface area (Å²) in [6.45, 7) is 3.62. The summed E-state index contributed by atoms with van der Waals surface area (Å²) in [6.07, 6.45) is 0.